The number of amides is 1. The molecule has 0 aliphatic carbocycles. The van der Waals surface area contributed by atoms with E-state index in [1.165, 1.54) is 0 Å². The first kappa shape index (κ1) is 11.5. The molecule has 2 unspecified atom stereocenters. The number of likely N-dealkylation sites (N-methyl/N-ethyl adjacent to an activating group) is 1. The fraction of sp³-hybridized carbons (Fsp3) is 0.900. The van der Waals surface area contributed by atoms with E-state index in [2.05, 4.69) is 12.2 Å². The van der Waals surface area contributed by atoms with E-state index in [0.717, 1.165) is 19.4 Å². The Bertz CT molecular complexity index is 197. The van der Waals surface area contributed by atoms with Crippen LogP contribution in [0, 0.1) is 0 Å². The van der Waals surface area contributed by atoms with Crippen molar-refractivity contribution in [3.05, 3.63) is 0 Å². The van der Waals surface area contributed by atoms with Gasteiger partial charge in [-0.15, -0.1) is 0 Å². The van der Waals surface area contributed by atoms with Crippen LogP contribution >= 0.6 is 0 Å². The van der Waals surface area contributed by atoms with Crippen LogP contribution in [0.25, 0.3) is 0 Å². The number of hydrogen-bond acceptors (Lipinski definition) is 3. The highest BCUT2D eigenvalue weighted by Crippen LogP contribution is 2.18. The first-order chi connectivity index (χ1) is 6.74. The second-order valence-corrected chi connectivity index (χ2v) is 3.74. The maximum atomic E-state index is 11.8. The Morgan fingerprint density at radius 1 is 1.71 bits per heavy atom. The smallest absolute Gasteiger partial charge is 0.240 e. The fourth-order valence-electron chi connectivity index (χ4n) is 2.06. The van der Waals surface area contributed by atoms with Crippen LogP contribution in [-0.4, -0.2) is 48.2 Å². The molecule has 1 aliphatic heterocycles. The number of aliphatic hydroxyl groups excluding tert-OH is 1. The second kappa shape index (κ2) is 5.32. The maximum Gasteiger partial charge on any atom is 0.240 e. The predicted molar refractivity (Wildman–Crippen MR) is 55.0 cm³/mol. The summed E-state index contributed by atoms with van der Waals surface area (Å²) in [6, 6.07) is 0.202. The number of likely N-dealkylation sites (tertiary alicyclic amines) is 1. The van der Waals surface area contributed by atoms with Gasteiger partial charge in [-0.25, -0.2) is 0 Å². The van der Waals surface area contributed by atoms with Crippen LogP contribution in [0.15, 0.2) is 0 Å². The Morgan fingerprint density at radius 2 is 2.43 bits per heavy atom. The standard InChI is InChI=1S/C10H20N2O2/c1-3-8(5-7-13)12-6-4-9(11-2)10(12)14/h8-9,11,13H,3-7H2,1-2H3. The summed E-state index contributed by atoms with van der Waals surface area (Å²) in [4.78, 5) is 13.7. The minimum absolute atomic E-state index is 0.0113. The first-order valence-corrected chi connectivity index (χ1v) is 5.33. The van der Waals surface area contributed by atoms with Crippen LogP contribution in [-0.2, 0) is 4.79 Å². The Morgan fingerprint density at radius 3 is 2.86 bits per heavy atom. The highest BCUT2D eigenvalue weighted by molar-refractivity contribution is 5.84. The average molecular weight is 200 g/mol. The SMILES string of the molecule is CCC(CCO)N1CCC(NC)C1=O. The third-order valence-corrected chi connectivity index (χ3v) is 2.96. The predicted octanol–water partition coefficient (Wildman–Crippen LogP) is -0.0323. The molecule has 4 nitrogen and oxygen atoms in total. The average Bonchev–Trinajstić information content (AvgIpc) is 2.56. The van der Waals surface area contributed by atoms with Crippen molar-refractivity contribution < 1.29 is 9.90 Å². The lowest BCUT2D eigenvalue weighted by molar-refractivity contribution is -0.131. The van der Waals surface area contributed by atoms with Crippen molar-refractivity contribution in [2.45, 2.75) is 38.3 Å². The van der Waals surface area contributed by atoms with Crippen LogP contribution in [0.1, 0.15) is 26.2 Å². The fourth-order valence-corrected chi connectivity index (χ4v) is 2.06. The van der Waals surface area contributed by atoms with Crippen LogP contribution in [0.4, 0.5) is 0 Å². The molecule has 0 aromatic rings. The summed E-state index contributed by atoms with van der Waals surface area (Å²) in [7, 11) is 1.82. The van der Waals surface area contributed by atoms with E-state index >= 15 is 0 Å². The third kappa shape index (κ3) is 2.25. The zero-order chi connectivity index (χ0) is 10.6. The van der Waals surface area contributed by atoms with E-state index in [1.54, 1.807) is 0 Å². The van der Waals surface area contributed by atoms with Gasteiger partial charge in [0, 0.05) is 19.2 Å². The van der Waals surface area contributed by atoms with E-state index in [0.29, 0.717) is 6.42 Å². The molecule has 1 heterocycles. The molecular weight excluding hydrogens is 180 g/mol. The number of carbonyl (C=O) groups is 1. The molecule has 1 fully saturated rings. The molecular formula is C10H20N2O2. The van der Waals surface area contributed by atoms with Gasteiger partial charge in [-0.2, -0.15) is 0 Å². The molecule has 0 spiro atoms. The number of carbonyl (C=O) groups excluding carboxylic acids is 1. The van der Waals surface area contributed by atoms with Crippen molar-refractivity contribution in [3.63, 3.8) is 0 Å². The lowest BCUT2D eigenvalue weighted by Crippen LogP contribution is -2.42. The van der Waals surface area contributed by atoms with Crippen molar-refractivity contribution in [3.8, 4) is 0 Å². The molecule has 1 amide bonds. The largest absolute Gasteiger partial charge is 0.396 e. The van der Waals surface area contributed by atoms with Crippen LogP contribution in [0.5, 0.6) is 0 Å². The summed E-state index contributed by atoms with van der Waals surface area (Å²) in [6.07, 6.45) is 2.50. The van der Waals surface area contributed by atoms with Gasteiger partial charge in [0.25, 0.3) is 0 Å². The summed E-state index contributed by atoms with van der Waals surface area (Å²) in [5.41, 5.74) is 0. The number of nitrogens with zero attached hydrogens (tertiary/aromatic N) is 1. The zero-order valence-electron chi connectivity index (χ0n) is 8.99. The molecule has 0 aromatic carbocycles. The molecule has 0 radical (unpaired) electrons. The number of nitrogens with one attached hydrogen (secondary N) is 1. The summed E-state index contributed by atoms with van der Waals surface area (Å²) < 4.78 is 0. The third-order valence-electron chi connectivity index (χ3n) is 2.96. The maximum absolute atomic E-state index is 11.8. The monoisotopic (exact) mass is 200 g/mol. The van der Waals surface area contributed by atoms with E-state index in [-0.39, 0.29) is 24.6 Å². The second-order valence-electron chi connectivity index (χ2n) is 3.74. The van der Waals surface area contributed by atoms with E-state index in [1.807, 2.05) is 11.9 Å². The molecule has 4 heteroatoms. The molecule has 0 bridgehead atoms. The number of rotatable bonds is 5. The van der Waals surface area contributed by atoms with Gasteiger partial charge >= 0.3 is 0 Å². The minimum Gasteiger partial charge on any atom is -0.396 e. The van der Waals surface area contributed by atoms with Gasteiger partial charge in [-0.05, 0) is 26.3 Å². The van der Waals surface area contributed by atoms with E-state index in [4.69, 9.17) is 5.11 Å². The van der Waals surface area contributed by atoms with Crippen molar-refractivity contribution in [1.29, 1.82) is 0 Å². The molecule has 1 aliphatic rings. The molecule has 1 rings (SSSR count). The van der Waals surface area contributed by atoms with Gasteiger partial charge in [0.05, 0.1) is 6.04 Å². The van der Waals surface area contributed by atoms with Gasteiger partial charge in [0.2, 0.25) is 5.91 Å². The Labute approximate surface area is 85.3 Å². The Hall–Kier alpha value is -0.610. The van der Waals surface area contributed by atoms with E-state index in [9.17, 15) is 4.79 Å². The summed E-state index contributed by atoms with van der Waals surface area (Å²) in [5.74, 6) is 0.188. The highest BCUT2D eigenvalue weighted by atomic mass is 16.3. The van der Waals surface area contributed by atoms with Crippen LogP contribution < -0.4 is 5.32 Å². The highest BCUT2D eigenvalue weighted by Gasteiger charge is 2.33. The van der Waals surface area contributed by atoms with E-state index < -0.39 is 0 Å². The molecule has 1 saturated heterocycles. The van der Waals surface area contributed by atoms with Gasteiger partial charge in [-0.1, -0.05) is 6.92 Å². The Kier molecular flexibility index (Phi) is 4.35. The number of aliphatic hydroxyl groups is 1. The Balaban J connectivity index is 2.55. The minimum atomic E-state index is -0.0113. The summed E-state index contributed by atoms with van der Waals surface area (Å²) in [6.45, 7) is 3.04. The molecule has 2 N–H and O–H groups in total. The normalized spacial score (nSPS) is 24.4. The summed E-state index contributed by atoms with van der Waals surface area (Å²) >= 11 is 0. The summed E-state index contributed by atoms with van der Waals surface area (Å²) in [5, 5.41) is 11.9. The number of hydrogen-bond donors (Lipinski definition) is 2. The molecule has 14 heavy (non-hydrogen) atoms. The van der Waals surface area contributed by atoms with Crippen LogP contribution in [0.3, 0.4) is 0 Å². The van der Waals surface area contributed by atoms with Gasteiger partial charge < -0.3 is 15.3 Å². The van der Waals surface area contributed by atoms with Gasteiger partial charge in [-0.3, -0.25) is 4.79 Å². The molecule has 82 valence electrons. The quantitative estimate of drug-likeness (QED) is 0.655. The van der Waals surface area contributed by atoms with Crippen LogP contribution in [0.2, 0.25) is 0 Å². The van der Waals surface area contributed by atoms with Crippen molar-refractivity contribution in [2.24, 2.45) is 0 Å². The van der Waals surface area contributed by atoms with Crippen molar-refractivity contribution in [1.82, 2.24) is 10.2 Å². The van der Waals surface area contributed by atoms with Crippen molar-refractivity contribution in [2.75, 3.05) is 20.2 Å². The topological polar surface area (TPSA) is 52.6 Å². The molecule has 0 saturated carbocycles. The lowest BCUT2D eigenvalue weighted by Gasteiger charge is -2.26. The van der Waals surface area contributed by atoms with Crippen molar-refractivity contribution >= 4 is 5.91 Å². The van der Waals surface area contributed by atoms with Gasteiger partial charge in [0.15, 0.2) is 0 Å². The first-order valence-electron chi connectivity index (χ1n) is 5.33. The molecule has 2 atom stereocenters. The zero-order valence-corrected chi connectivity index (χ0v) is 8.99. The van der Waals surface area contributed by atoms with Gasteiger partial charge in [0.1, 0.15) is 0 Å². The lowest BCUT2D eigenvalue weighted by atomic mass is 10.1. The molecule has 0 aromatic heterocycles.